The van der Waals surface area contributed by atoms with Crippen LogP contribution in [0, 0.1) is 0 Å². The average Bonchev–Trinajstić information content (AvgIpc) is 2.30. The van der Waals surface area contributed by atoms with Crippen molar-refractivity contribution in [1.82, 2.24) is 0 Å². The highest BCUT2D eigenvalue weighted by molar-refractivity contribution is 7.08. The SMILES string of the molecule is ClB(C1CCCCC1)C1CCCCC1. The zero-order valence-corrected chi connectivity index (χ0v) is 9.94. The fourth-order valence-electron chi connectivity index (χ4n) is 3.29. The zero-order chi connectivity index (χ0) is 9.80. The van der Waals surface area contributed by atoms with E-state index < -0.39 is 0 Å². The van der Waals surface area contributed by atoms with E-state index in [9.17, 15) is 0 Å². The Kier molecular flexibility index (Phi) is 4.22. The average molecular weight is 213 g/mol. The van der Waals surface area contributed by atoms with E-state index >= 15 is 0 Å². The second kappa shape index (κ2) is 5.44. The molecule has 2 saturated carbocycles. The Bertz CT molecular complexity index is 142. The molecule has 0 N–H and O–H groups in total. The van der Waals surface area contributed by atoms with E-state index in [2.05, 4.69) is 0 Å². The topological polar surface area (TPSA) is 0 Å². The summed E-state index contributed by atoms with van der Waals surface area (Å²) in [7, 11) is 0. The van der Waals surface area contributed by atoms with E-state index in [4.69, 9.17) is 11.5 Å². The van der Waals surface area contributed by atoms with Gasteiger partial charge >= 0.3 is 0 Å². The highest BCUT2D eigenvalue weighted by Gasteiger charge is 2.33. The predicted octanol–water partition coefficient (Wildman–Crippen LogP) is 4.89. The van der Waals surface area contributed by atoms with Crippen molar-refractivity contribution < 1.29 is 0 Å². The number of halogens is 1. The molecule has 80 valence electrons. The summed E-state index contributed by atoms with van der Waals surface area (Å²) in [5.41, 5.74) is 0. The standard InChI is InChI=1S/C12H22BCl/c14-13(11-7-3-1-4-8-11)12-9-5-2-6-10-12/h11-12H,1-10H2. The lowest BCUT2D eigenvalue weighted by atomic mass is 9.47. The van der Waals surface area contributed by atoms with Crippen molar-refractivity contribution in [1.29, 1.82) is 0 Å². The van der Waals surface area contributed by atoms with Crippen molar-refractivity contribution >= 4 is 17.6 Å². The third-order valence-electron chi connectivity index (χ3n) is 4.20. The van der Waals surface area contributed by atoms with Crippen LogP contribution < -0.4 is 0 Å². The minimum atomic E-state index is 0.510. The molecule has 0 saturated heterocycles. The Balaban J connectivity index is 1.82. The molecule has 2 aliphatic carbocycles. The molecule has 0 spiro atoms. The van der Waals surface area contributed by atoms with Gasteiger partial charge in [-0.3, -0.25) is 0 Å². The Morgan fingerprint density at radius 3 is 1.36 bits per heavy atom. The molecule has 0 atom stereocenters. The van der Waals surface area contributed by atoms with Crippen LogP contribution in [0.25, 0.3) is 0 Å². The van der Waals surface area contributed by atoms with Crippen molar-refractivity contribution in [3.05, 3.63) is 0 Å². The maximum absolute atomic E-state index is 6.64. The number of rotatable bonds is 2. The lowest BCUT2D eigenvalue weighted by molar-refractivity contribution is 0.467. The molecule has 0 aromatic carbocycles. The van der Waals surface area contributed by atoms with E-state index in [0.29, 0.717) is 6.13 Å². The molecule has 2 aliphatic rings. The monoisotopic (exact) mass is 212 g/mol. The van der Waals surface area contributed by atoms with Crippen molar-refractivity contribution in [2.24, 2.45) is 0 Å². The molecule has 0 amide bonds. The summed E-state index contributed by atoms with van der Waals surface area (Å²) >= 11 is 6.64. The van der Waals surface area contributed by atoms with Crippen molar-refractivity contribution in [3.8, 4) is 0 Å². The zero-order valence-electron chi connectivity index (χ0n) is 9.18. The minimum absolute atomic E-state index is 0.510. The van der Waals surface area contributed by atoms with Gasteiger partial charge in [0, 0.05) is 0 Å². The van der Waals surface area contributed by atoms with E-state index in [1.54, 1.807) is 0 Å². The molecule has 0 bridgehead atoms. The minimum Gasteiger partial charge on any atom is -0.195 e. The first-order chi connectivity index (χ1) is 6.88. The lowest BCUT2D eigenvalue weighted by Gasteiger charge is -2.31. The first-order valence-electron chi connectivity index (χ1n) is 6.52. The van der Waals surface area contributed by atoms with Gasteiger partial charge in [-0.25, -0.2) is 0 Å². The number of hydrogen-bond acceptors (Lipinski definition) is 0. The van der Waals surface area contributed by atoms with Crippen LogP contribution in [0.1, 0.15) is 64.2 Å². The molecule has 2 fully saturated rings. The summed E-state index contributed by atoms with van der Waals surface area (Å²) in [6.07, 6.45) is 14.8. The summed E-state index contributed by atoms with van der Waals surface area (Å²) in [5, 5.41) is 0. The van der Waals surface area contributed by atoms with Gasteiger partial charge in [0.1, 0.15) is 0 Å². The van der Waals surface area contributed by atoms with Crippen molar-refractivity contribution in [3.63, 3.8) is 0 Å². The normalized spacial score (nSPS) is 26.4. The predicted molar refractivity (Wildman–Crippen MR) is 65.3 cm³/mol. The first kappa shape index (κ1) is 10.9. The Morgan fingerprint density at radius 2 is 1.00 bits per heavy atom. The molecule has 0 aromatic rings. The number of hydrogen-bond donors (Lipinski definition) is 0. The van der Waals surface area contributed by atoms with Crippen LogP contribution in [0.4, 0.5) is 0 Å². The van der Waals surface area contributed by atoms with Gasteiger partial charge in [-0.1, -0.05) is 64.2 Å². The van der Waals surface area contributed by atoms with Crippen LogP contribution >= 0.6 is 11.5 Å². The Morgan fingerprint density at radius 1 is 0.643 bits per heavy atom. The summed E-state index contributed by atoms with van der Waals surface area (Å²) in [5.74, 6) is 1.71. The highest BCUT2D eigenvalue weighted by Crippen LogP contribution is 2.42. The van der Waals surface area contributed by atoms with Gasteiger partial charge in [0.2, 0.25) is 0 Å². The van der Waals surface area contributed by atoms with Gasteiger partial charge in [-0.05, 0) is 11.6 Å². The molecule has 2 heteroatoms. The second-order valence-corrected chi connectivity index (χ2v) is 5.74. The van der Waals surface area contributed by atoms with Gasteiger partial charge in [-0.2, -0.15) is 11.5 Å². The first-order valence-corrected chi connectivity index (χ1v) is 6.95. The van der Waals surface area contributed by atoms with E-state index in [0.717, 1.165) is 11.6 Å². The summed E-state index contributed by atoms with van der Waals surface area (Å²) in [4.78, 5) is 0. The fraction of sp³-hybridized carbons (Fsp3) is 1.00. The van der Waals surface area contributed by atoms with Gasteiger partial charge in [-0.15, -0.1) is 0 Å². The van der Waals surface area contributed by atoms with E-state index in [1.807, 2.05) is 0 Å². The van der Waals surface area contributed by atoms with Gasteiger partial charge in [0.05, 0.1) is 0 Å². The van der Waals surface area contributed by atoms with Crippen LogP contribution in [-0.4, -0.2) is 6.13 Å². The van der Waals surface area contributed by atoms with Crippen LogP contribution in [0.3, 0.4) is 0 Å². The molecular formula is C12H22BCl. The quantitative estimate of drug-likeness (QED) is 0.572. The van der Waals surface area contributed by atoms with Crippen LogP contribution in [0.15, 0.2) is 0 Å². The van der Waals surface area contributed by atoms with Crippen LogP contribution in [0.5, 0.6) is 0 Å². The summed E-state index contributed by atoms with van der Waals surface area (Å²) < 4.78 is 0. The largest absolute Gasteiger partial charge is 0.256 e. The maximum Gasteiger partial charge on any atom is 0.256 e. The Hall–Kier alpha value is 0.355. The molecule has 2 rings (SSSR count). The van der Waals surface area contributed by atoms with Gasteiger partial charge in [0.25, 0.3) is 6.13 Å². The van der Waals surface area contributed by atoms with Crippen LogP contribution in [0.2, 0.25) is 11.6 Å². The smallest absolute Gasteiger partial charge is 0.195 e. The molecule has 0 unspecified atom stereocenters. The van der Waals surface area contributed by atoms with Crippen molar-refractivity contribution in [2.45, 2.75) is 75.8 Å². The fourth-order valence-corrected chi connectivity index (χ4v) is 3.79. The molecule has 0 heterocycles. The highest BCUT2D eigenvalue weighted by atomic mass is 35.5. The van der Waals surface area contributed by atoms with E-state index in [1.165, 1.54) is 64.2 Å². The maximum atomic E-state index is 6.64. The summed E-state index contributed by atoms with van der Waals surface area (Å²) in [6, 6.07) is 0. The molecule has 0 aliphatic heterocycles. The van der Waals surface area contributed by atoms with E-state index in [-0.39, 0.29) is 0 Å². The Labute approximate surface area is 93.8 Å². The molecule has 0 aromatic heterocycles. The van der Waals surface area contributed by atoms with Crippen LogP contribution in [-0.2, 0) is 0 Å². The van der Waals surface area contributed by atoms with Gasteiger partial charge in [0.15, 0.2) is 0 Å². The molecule has 0 nitrogen and oxygen atoms in total. The molecule has 14 heavy (non-hydrogen) atoms. The van der Waals surface area contributed by atoms with Crippen molar-refractivity contribution in [2.75, 3.05) is 0 Å². The molecular weight excluding hydrogens is 190 g/mol. The second-order valence-electron chi connectivity index (χ2n) is 5.24. The summed E-state index contributed by atoms with van der Waals surface area (Å²) in [6.45, 7) is 0. The van der Waals surface area contributed by atoms with Gasteiger partial charge < -0.3 is 0 Å². The lowest BCUT2D eigenvalue weighted by Crippen LogP contribution is -2.24. The third-order valence-corrected chi connectivity index (χ3v) is 4.91. The third kappa shape index (κ3) is 2.69. The molecule has 0 radical (unpaired) electrons.